The summed E-state index contributed by atoms with van der Waals surface area (Å²) in [6.45, 7) is 0.706. The minimum atomic E-state index is -1.26. The molecule has 4 aromatic carbocycles. The number of aliphatic hydroxyl groups is 1. The number of rotatable bonds is 10. The third-order valence-electron chi connectivity index (χ3n) is 7.45. The molecule has 45 heavy (non-hydrogen) atoms. The number of carbonyl (C=O) groups is 2. The Morgan fingerprint density at radius 2 is 1.53 bits per heavy atom. The summed E-state index contributed by atoms with van der Waals surface area (Å²) in [7, 11) is 5.73. The number of halogens is 1. The van der Waals surface area contributed by atoms with E-state index < -0.39 is 23.5 Å². The third kappa shape index (κ3) is 8.13. The van der Waals surface area contributed by atoms with Gasteiger partial charge in [-0.15, -0.1) is 0 Å². The van der Waals surface area contributed by atoms with Crippen molar-refractivity contribution in [3.05, 3.63) is 130 Å². The monoisotopic (exact) mass is 670 g/mol. The summed E-state index contributed by atoms with van der Waals surface area (Å²) in [6.07, 6.45) is 1.64. The summed E-state index contributed by atoms with van der Waals surface area (Å²) >= 11 is 3.60. The number of carboxylic acids is 2. The zero-order chi connectivity index (χ0) is 32.6. The van der Waals surface area contributed by atoms with Crippen LogP contribution >= 0.6 is 15.9 Å². The Hall–Kier alpha value is -4.57. The van der Waals surface area contributed by atoms with E-state index in [9.17, 15) is 14.7 Å². The van der Waals surface area contributed by atoms with Crippen LogP contribution < -0.4 is 4.74 Å². The lowest BCUT2D eigenvalue weighted by molar-refractivity contribution is -0.134. The SMILES string of the molecule is COc1nc2ccc(Br)cc2cc1[C@@H](c1ccccc1)C(O)(CCN(C)C)c1cccc2ccccc12.O=C(O)/C=C/C(=O)O. The van der Waals surface area contributed by atoms with Crippen molar-refractivity contribution in [3.8, 4) is 5.88 Å². The van der Waals surface area contributed by atoms with Crippen molar-refractivity contribution in [2.75, 3.05) is 27.7 Å². The summed E-state index contributed by atoms with van der Waals surface area (Å²) in [4.78, 5) is 26.1. The number of aliphatic carboxylic acids is 2. The van der Waals surface area contributed by atoms with Crippen molar-refractivity contribution < 1.29 is 29.6 Å². The number of fused-ring (bicyclic) bond motifs is 2. The van der Waals surface area contributed by atoms with Crippen molar-refractivity contribution in [1.29, 1.82) is 0 Å². The number of carboxylic acid groups (broad SMARTS) is 2. The average molecular weight is 672 g/mol. The van der Waals surface area contributed by atoms with E-state index in [-0.39, 0.29) is 0 Å². The summed E-state index contributed by atoms with van der Waals surface area (Å²) in [5.74, 6) is -2.42. The second-order valence-corrected chi connectivity index (χ2v) is 11.7. The van der Waals surface area contributed by atoms with E-state index in [0.29, 0.717) is 31.0 Å². The van der Waals surface area contributed by atoms with E-state index in [4.69, 9.17) is 19.9 Å². The van der Waals surface area contributed by atoms with Crippen LogP contribution in [0.4, 0.5) is 0 Å². The Balaban J connectivity index is 0.000000510. The van der Waals surface area contributed by atoms with Gasteiger partial charge in [0.05, 0.1) is 12.6 Å². The molecule has 0 radical (unpaired) electrons. The summed E-state index contributed by atoms with van der Waals surface area (Å²) < 4.78 is 6.86. The van der Waals surface area contributed by atoms with Crippen LogP contribution in [0.25, 0.3) is 21.7 Å². The number of benzene rings is 4. The van der Waals surface area contributed by atoms with Crippen molar-refractivity contribution in [2.24, 2.45) is 0 Å². The minimum absolute atomic E-state index is 0.426. The van der Waals surface area contributed by atoms with E-state index in [2.05, 4.69) is 69.4 Å². The molecule has 9 heteroatoms. The molecule has 0 aliphatic carbocycles. The lowest BCUT2D eigenvalue weighted by atomic mass is 9.70. The lowest BCUT2D eigenvalue weighted by Crippen LogP contribution is -2.38. The topological polar surface area (TPSA) is 120 Å². The van der Waals surface area contributed by atoms with Gasteiger partial charge in [-0.3, -0.25) is 0 Å². The van der Waals surface area contributed by atoms with E-state index in [1.807, 2.05) is 62.6 Å². The van der Waals surface area contributed by atoms with Gasteiger partial charge in [-0.1, -0.05) is 88.7 Å². The summed E-state index contributed by atoms with van der Waals surface area (Å²) in [5, 5.41) is 31.8. The van der Waals surface area contributed by atoms with Crippen molar-refractivity contribution in [2.45, 2.75) is 17.9 Å². The van der Waals surface area contributed by atoms with Gasteiger partial charge < -0.3 is 25.0 Å². The average Bonchev–Trinajstić information content (AvgIpc) is 3.03. The van der Waals surface area contributed by atoms with Gasteiger partial charge in [-0.25, -0.2) is 14.6 Å². The molecule has 0 aliphatic heterocycles. The zero-order valence-corrected chi connectivity index (χ0v) is 26.8. The smallest absolute Gasteiger partial charge is 0.328 e. The number of hydrogen-bond acceptors (Lipinski definition) is 6. The van der Waals surface area contributed by atoms with Gasteiger partial charge in [0.25, 0.3) is 0 Å². The van der Waals surface area contributed by atoms with Gasteiger partial charge in [0.15, 0.2) is 0 Å². The molecule has 0 spiro atoms. The fraction of sp³-hybridized carbons (Fsp3) is 0.194. The second-order valence-electron chi connectivity index (χ2n) is 10.8. The molecule has 1 unspecified atom stereocenters. The number of methoxy groups -OCH3 is 1. The molecule has 8 nitrogen and oxygen atoms in total. The van der Waals surface area contributed by atoms with Gasteiger partial charge >= 0.3 is 11.9 Å². The van der Waals surface area contributed by atoms with E-state index in [0.717, 1.165) is 42.8 Å². The first-order valence-corrected chi connectivity index (χ1v) is 15.0. The predicted molar refractivity (Wildman–Crippen MR) is 180 cm³/mol. The number of aromatic nitrogens is 1. The molecule has 232 valence electrons. The first-order valence-electron chi connectivity index (χ1n) is 14.2. The highest BCUT2D eigenvalue weighted by molar-refractivity contribution is 9.10. The van der Waals surface area contributed by atoms with E-state index in [1.54, 1.807) is 7.11 Å². The molecule has 0 amide bonds. The van der Waals surface area contributed by atoms with E-state index in [1.165, 1.54) is 0 Å². The molecular formula is C36H35BrN2O6. The van der Waals surface area contributed by atoms with Crippen LogP contribution in [0.3, 0.4) is 0 Å². The number of pyridine rings is 1. The van der Waals surface area contributed by atoms with Crippen molar-refractivity contribution in [3.63, 3.8) is 0 Å². The Morgan fingerprint density at radius 3 is 2.18 bits per heavy atom. The highest BCUT2D eigenvalue weighted by atomic mass is 79.9. The molecule has 0 fully saturated rings. The maximum Gasteiger partial charge on any atom is 0.328 e. The normalized spacial score (nSPS) is 13.3. The van der Waals surface area contributed by atoms with Gasteiger partial charge in [0, 0.05) is 40.0 Å². The highest BCUT2D eigenvalue weighted by Gasteiger charge is 2.43. The Morgan fingerprint density at radius 1 is 0.889 bits per heavy atom. The molecule has 0 bridgehead atoms. The van der Waals surface area contributed by atoms with Gasteiger partial charge in [-0.2, -0.15) is 0 Å². The van der Waals surface area contributed by atoms with Gasteiger partial charge in [0.2, 0.25) is 5.88 Å². The quantitative estimate of drug-likeness (QED) is 0.138. The highest BCUT2D eigenvalue weighted by Crippen LogP contribution is 2.49. The van der Waals surface area contributed by atoms with Crippen LogP contribution in [0, 0.1) is 0 Å². The number of hydrogen-bond donors (Lipinski definition) is 3. The molecule has 1 aromatic heterocycles. The van der Waals surface area contributed by atoms with Gasteiger partial charge in [-0.05, 0) is 66.7 Å². The summed E-state index contributed by atoms with van der Waals surface area (Å²) in [5.41, 5.74) is 2.36. The minimum Gasteiger partial charge on any atom is -0.481 e. The third-order valence-corrected chi connectivity index (χ3v) is 7.94. The molecule has 3 N–H and O–H groups in total. The fourth-order valence-electron chi connectivity index (χ4n) is 5.45. The zero-order valence-electron chi connectivity index (χ0n) is 25.2. The van der Waals surface area contributed by atoms with Gasteiger partial charge in [0.1, 0.15) is 5.60 Å². The van der Waals surface area contributed by atoms with E-state index >= 15 is 0 Å². The van der Waals surface area contributed by atoms with Crippen LogP contribution in [0.1, 0.15) is 29.0 Å². The predicted octanol–water partition coefficient (Wildman–Crippen LogP) is 6.84. The molecule has 0 aliphatic rings. The first-order chi connectivity index (χ1) is 21.5. The van der Waals surface area contributed by atoms with Crippen molar-refractivity contribution in [1.82, 2.24) is 9.88 Å². The van der Waals surface area contributed by atoms with Crippen LogP contribution in [-0.2, 0) is 15.2 Å². The Labute approximate surface area is 270 Å². The van der Waals surface area contributed by atoms with Crippen molar-refractivity contribution >= 4 is 49.5 Å². The number of nitrogens with zero attached hydrogens (tertiary/aromatic N) is 2. The van der Waals surface area contributed by atoms with Crippen LogP contribution in [0.2, 0.25) is 0 Å². The Bertz CT molecular complexity index is 1800. The molecule has 2 atom stereocenters. The lowest BCUT2D eigenvalue weighted by Gasteiger charge is -2.39. The summed E-state index contributed by atoms with van der Waals surface area (Å²) in [6, 6.07) is 32.8. The first kappa shape index (κ1) is 33.3. The molecule has 1 heterocycles. The molecule has 0 saturated carbocycles. The largest absolute Gasteiger partial charge is 0.481 e. The maximum absolute atomic E-state index is 13.0. The standard InChI is InChI=1S/C32H31BrN2O2.C4H4O4/c1-35(2)19-18-32(36,28-15-9-13-22-10-7-8-14-26(22)28)30(23-11-5-4-6-12-23)27-21-24-20-25(33)16-17-29(24)34-31(27)37-3;5-3(6)1-2-4(7)8/h4-17,20-21,30,36H,18-19H2,1-3H3;1-2H,(H,5,6)(H,7,8)/b;2-1+/t30-,32?;/m1./s1. The molecular weight excluding hydrogens is 636 g/mol. The molecule has 5 rings (SSSR count). The fourth-order valence-corrected chi connectivity index (χ4v) is 5.83. The van der Waals surface area contributed by atoms with Crippen LogP contribution in [0.5, 0.6) is 5.88 Å². The van der Waals surface area contributed by atoms with Crippen LogP contribution in [0.15, 0.2) is 114 Å². The van der Waals surface area contributed by atoms with Crippen LogP contribution in [-0.4, -0.2) is 64.9 Å². The molecule has 5 aromatic rings. The Kier molecular flexibility index (Phi) is 11.1. The number of ether oxygens (including phenoxy) is 1. The second kappa shape index (κ2) is 14.9. The maximum atomic E-state index is 13.0. The molecule has 0 saturated heterocycles.